The number of likely N-dealkylation sites (tertiary alicyclic amines) is 1. The minimum Gasteiger partial charge on any atom is -0.329 e. The number of nitrogens with one attached hydrogen (secondary N) is 1. The number of aryl methyl sites for hydroxylation is 3. The molecule has 3 aromatic heterocycles. The second-order valence-corrected chi connectivity index (χ2v) is 9.26. The predicted molar refractivity (Wildman–Crippen MR) is 121 cm³/mol. The number of hydrogen-bond acceptors (Lipinski definition) is 8. The molecule has 0 bridgehead atoms. The first-order valence-corrected chi connectivity index (χ1v) is 11.7. The maximum atomic E-state index is 13.0. The first kappa shape index (κ1) is 20.6. The molecule has 156 valence electrons. The number of nitrogens with zero attached hydrogens (tertiary/aromatic N) is 5. The van der Waals surface area contributed by atoms with Crippen molar-refractivity contribution in [2.24, 2.45) is 0 Å². The van der Waals surface area contributed by atoms with Gasteiger partial charge in [-0.25, -0.2) is 19.9 Å². The highest BCUT2D eigenvalue weighted by Gasteiger charge is 2.29. The average molecular weight is 441 g/mol. The molecule has 9 heteroatoms. The Morgan fingerprint density at radius 2 is 1.97 bits per heavy atom. The summed E-state index contributed by atoms with van der Waals surface area (Å²) in [6.45, 7) is 6.57. The van der Waals surface area contributed by atoms with Crippen molar-refractivity contribution in [2.45, 2.75) is 46.1 Å². The molecule has 1 aliphatic rings. The molecular formula is C21H24N6OS2. The van der Waals surface area contributed by atoms with Crippen LogP contribution in [0.3, 0.4) is 0 Å². The van der Waals surface area contributed by atoms with Crippen molar-refractivity contribution in [3.05, 3.63) is 50.8 Å². The van der Waals surface area contributed by atoms with Gasteiger partial charge in [-0.3, -0.25) is 4.79 Å². The molecule has 0 saturated carbocycles. The lowest BCUT2D eigenvalue weighted by Crippen LogP contribution is -2.38. The summed E-state index contributed by atoms with van der Waals surface area (Å²) in [5, 5.41) is 9.01. The first-order chi connectivity index (χ1) is 14.5. The molecule has 1 aliphatic heterocycles. The number of thiazole rings is 2. The number of hydrogen-bond donors (Lipinski definition) is 1. The van der Waals surface area contributed by atoms with Gasteiger partial charge in [0, 0.05) is 35.1 Å². The van der Waals surface area contributed by atoms with Crippen LogP contribution < -0.4 is 5.32 Å². The van der Waals surface area contributed by atoms with E-state index >= 15 is 0 Å². The molecule has 3 aromatic rings. The molecule has 0 spiro atoms. The Kier molecular flexibility index (Phi) is 6.19. The van der Waals surface area contributed by atoms with Gasteiger partial charge in [0.1, 0.15) is 5.82 Å². The van der Waals surface area contributed by atoms with Gasteiger partial charge in [0.25, 0.3) is 0 Å². The second kappa shape index (κ2) is 9.01. The fourth-order valence-electron chi connectivity index (χ4n) is 3.50. The summed E-state index contributed by atoms with van der Waals surface area (Å²) >= 11 is 3.12. The van der Waals surface area contributed by atoms with Gasteiger partial charge < -0.3 is 10.2 Å². The summed E-state index contributed by atoms with van der Waals surface area (Å²) in [6, 6.07) is 1.77. The van der Waals surface area contributed by atoms with E-state index in [0.717, 1.165) is 46.5 Å². The molecule has 0 radical (unpaired) electrons. The van der Waals surface area contributed by atoms with E-state index in [2.05, 4.69) is 20.3 Å². The van der Waals surface area contributed by atoms with Crippen molar-refractivity contribution in [1.82, 2.24) is 24.8 Å². The summed E-state index contributed by atoms with van der Waals surface area (Å²) in [6.07, 6.45) is 6.29. The lowest BCUT2D eigenvalue weighted by atomic mass is 10.0. The van der Waals surface area contributed by atoms with E-state index in [9.17, 15) is 4.79 Å². The quantitative estimate of drug-likeness (QED) is 0.572. The maximum absolute atomic E-state index is 13.0. The molecule has 1 amide bonds. The highest BCUT2D eigenvalue weighted by atomic mass is 32.1. The molecule has 30 heavy (non-hydrogen) atoms. The van der Waals surface area contributed by atoms with Gasteiger partial charge in [-0.1, -0.05) is 0 Å². The molecule has 1 unspecified atom stereocenters. The maximum Gasteiger partial charge on any atom is 0.247 e. The molecule has 1 N–H and O–H groups in total. The van der Waals surface area contributed by atoms with Crippen LogP contribution in [0, 0.1) is 20.8 Å². The summed E-state index contributed by atoms with van der Waals surface area (Å²) in [4.78, 5) is 33.1. The second-order valence-electron chi connectivity index (χ2n) is 7.34. The molecule has 7 nitrogen and oxygen atoms in total. The van der Waals surface area contributed by atoms with Crippen molar-refractivity contribution < 1.29 is 4.79 Å². The third-order valence-electron chi connectivity index (χ3n) is 4.84. The fourth-order valence-corrected chi connectivity index (χ4v) is 4.77. The van der Waals surface area contributed by atoms with Gasteiger partial charge in [0.2, 0.25) is 5.91 Å². The third kappa shape index (κ3) is 4.91. The monoisotopic (exact) mass is 440 g/mol. The smallest absolute Gasteiger partial charge is 0.247 e. The van der Waals surface area contributed by atoms with Crippen LogP contribution in [0.4, 0.5) is 10.9 Å². The van der Waals surface area contributed by atoms with Crippen LogP contribution in [-0.4, -0.2) is 37.3 Å². The third-order valence-corrected chi connectivity index (χ3v) is 6.51. The fraction of sp³-hybridized carbons (Fsp3) is 0.381. The summed E-state index contributed by atoms with van der Waals surface area (Å²) in [5.74, 6) is 1.36. The number of aromatic nitrogens is 4. The molecule has 1 saturated heterocycles. The van der Waals surface area contributed by atoms with Gasteiger partial charge in [0.05, 0.1) is 22.4 Å². The van der Waals surface area contributed by atoms with Gasteiger partial charge >= 0.3 is 0 Å². The highest BCUT2D eigenvalue weighted by Crippen LogP contribution is 2.31. The Labute approximate surface area is 183 Å². The van der Waals surface area contributed by atoms with Crippen LogP contribution in [-0.2, 0) is 4.79 Å². The Bertz CT molecular complexity index is 1070. The van der Waals surface area contributed by atoms with Gasteiger partial charge in [-0.2, -0.15) is 0 Å². The molecule has 4 rings (SSSR count). The van der Waals surface area contributed by atoms with Crippen LogP contribution in [0.2, 0.25) is 0 Å². The Morgan fingerprint density at radius 3 is 2.70 bits per heavy atom. The largest absolute Gasteiger partial charge is 0.329 e. The van der Waals surface area contributed by atoms with Crippen LogP contribution >= 0.6 is 22.7 Å². The first-order valence-electron chi connectivity index (χ1n) is 9.93. The Hall–Kier alpha value is -2.65. The minimum atomic E-state index is -0.133. The van der Waals surface area contributed by atoms with E-state index in [0.29, 0.717) is 18.2 Å². The van der Waals surface area contributed by atoms with Gasteiger partial charge in [-0.05, 0) is 46.1 Å². The average Bonchev–Trinajstić information content (AvgIpc) is 3.33. The molecule has 1 fully saturated rings. The SMILES string of the molecule is Cc1cc(Nc2nc(C)cs2)nc(C2CCCCN2C(=O)/C=C/c2csc(C)n2)n1. The molecule has 0 aliphatic carbocycles. The number of piperidine rings is 1. The van der Waals surface area contributed by atoms with E-state index < -0.39 is 0 Å². The molecule has 1 atom stereocenters. The predicted octanol–water partition coefficient (Wildman–Crippen LogP) is 4.83. The standard InChI is InChI=1S/C21H24N6OS2/c1-13-10-18(26-21-23-14(2)11-30-21)25-20(22-13)17-6-4-5-9-27(17)19(28)8-7-16-12-29-15(3)24-16/h7-8,10-12,17H,4-6,9H2,1-3H3,(H,22,23,25,26)/b8-7+. The molecular weight excluding hydrogens is 416 g/mol. The molecule has 0 aromatic carbocycles. The van der Waals surface area contributed by atoms with E-state index in [1.807, 2.05) is 42.5 Å². The zero-order chi connectivity index (χ0) is 21.1. The lowest BCUT2D eigenvalue weighted by molar-refractivity contribution is -0.129. The van der Waals surface area contributed by atoms with E-state index in [1.54, 1.807) is 34.8 Å². The zero-order valence-corrected chi connectivity index (χ0v) is 18.9. The van der Waals surface area contributed by atoms with Gasteiger partial charge in [-0.15, -0.1) is 22.7 Å². The van der Waals surface area contributed by atoms with E-state index in [-0.39, 0.29) is 11.9 Å². The highest BCUT2D eigenvalue weighted by molar-refractivity contribution is 7.13. The number of anilines is 2. The summed E-state index contributed by atoms with van der Waals surface area (Å²) < 4.78 is 0. The lowest BCUT2D eigenvalue weighted by Gasteiger charge is -2.34. The molecule has 4 heterocycles. The number of amides is 1. The van der Waals surface area contributed by atoms with Crippen molar-refractivity contribution in [3.63, 3.8) is 0 Å². The number of carbonyl (C=O) groups is 1. The summed E-state index contributed by atoms with van der Waals surface area (Å²) in [5.41, 5.74) is 2.65. The van der Waals surface area contributed by atoms with Crippen LogP contribution in [0.5, 0.6) is 0 Å². The zero-order valence-electron chi connectivity index (χ0n) is 17.3. The van der Waals surface area contributed by atoms with Gasteiger partial charge in [0.15, 0.2) is 11.0 Å². The number of carbonyl (C=O) groups excluding carboxylic acids is 1. The van der Waals surface area contributed by atoms with Crippen molar-refractivity contribution in [2.75, 3.05) is 11.9 Å². The Balaban J connectivity index is 1.55. The van der Waals surface area contributed by atoms with E-state index in [1.165, 1.54) is 0 Å². The van der Waals surface area contributed by atoms with E-state index in [4.69, 9.17) is 4.98 Å². The van der Waals surface area contributed by atoms with Crippen LogP contribution in [0.15, 0.2) is 22.9 Å². The Morgan fingerprint density at radius 1 is 1.10 bits per heavy atom. The summed E-state index contributed by atoms with van der Waals surface area (Å²) in [7, 11) is 0. The number of rotatable bonds is 5. The van der Waals surface area contributed by atoms with Crippen LogP contribution in [0.1, 0.15) is 53.2 Å². The van der Waals surface area contributed by atoms with Crippen LogP contribution in [0.25, 0.3) is 6.08 Å². The van der Waals surface area contributed by atoms with Crippen molar-refractivity contribution in [3.8, 4) is 0 Å². The van der Waals surface area contributed by atoms with Crippen molar-refractivity contribution >= 4 is 45.6 Å². The topological polar surface area (TPSA) is 83.9 Å². The van der Waals surface area contributed by atoms with Crippen molar-refractivity contribution in [1.29, 1.82) is 0 Å². The minimum absolute atomic E-state index is 0.0273. The normalized spacial score (nSPS) is 16.9.